The van der Waals surface area contributed by atoms with Crippen LogP contribution in [0, 0.1) is 6.92 Å². The van der Waals surface area contributed by atoms with Crippen LogP contribution >= 0.6 is 0 Å². The van der Waals surface area contributed by atoms with E-state index in [0.717, 1.165) is 0 Å². The smallest absolute Gasteiger partial charge is 0.274 e. The quantitative estimate of drug-likeness (QED) is 0.636. The predicted molar refractivity (Wildman–Crippen MR) is 61.2 cm³/mol. The average Bonchev–Trinajstić information content (AvgIpc) is 2.54. The molecule has 0 aliphatic rings. The van der Waals surface area contributed by atoms with Gasteiger partial charge in [0.15, 0.2) is 5.69 Å². The molecule has 6 heteroatoms. The van der Waals surface area contributed by atoms with Crippen molar-refractivity contribution in [3.05, 3.63) is 11.4 Å². The molecule has 1 rings (SSSR count). The first kappa shape index (κ1) is 12.5. The Morgan fingerprint density at radius 2 is 2.31 bits per heavy atom. The fourth-order valence-electron chi connectivity index (χ4n) is 1.15. The highest BCUT2D eigenvalue weighted by atomic mass is 16.5. The summed E-state index contributed by atoms with van der Waals surface area (Å²) in [6.45, 7) is 6.57. The maximum atomic E-state index is 11.6. The van der Waals surface area contributed by atoms with Crippen molar-refractivity contribution >= 4 is 11.6 Å². The second-order valence-electron chi connectivity index (χ2n) is 3.79. The molecule has 0 bridgehead atoms. The number of amides is 1. The van der Waals surface area contributed by atoms with Crippen molar-refractivity contribution < 1.29 is 9.53 Å². The summed E-state index contributed by atoms with van der Waals surface area (Å²) in [7, 11) is 0. The fraction of sp³-hybridized carbons (Fsp3) is 0.600. The summed E-state index contributed by atoms with van der Waals surface area (Å²) in [5, 5.41) is 9.17. The highest BCUT2D eigenvalue weighted by Gasteiger charge is 2.14. The number of carbonyl (C=O) groups is 1. The van der Waals surface area contributed by atoms with Gasteiger partial charge >= 0.3 is 0 Å². The SMILES string of the molecule is Cc1[nH]nc(C(=O)NCCOC(C)C)c1N. The topological polar surface area (TPSA) is 93.0 Å². The molecule has 90 valence electrons. The Kier molecular flexibility index (Phi) is 4.30. The zero-order chi connectivity index (χ0) is 12.1. The molecule has 0 aromatic carbocycles. The molecule has 6 nitrogen and oxygen atoms in total. The van der Waals surface area contributed by atoms with E-state index >= 15 is 0 Å². The van der Waals surface area contributed by atoms with Gasteiger partial charge in [0.2, 0.25) is 0 Å². The molecule has 0 spiro atoms. The number of ether oxygens (including phenoxy) is 1. The van der Waals surface area contributed by atoms with Gasteiger partial charge in [-0.05, 0) is 20.8 Å². The highest BCUT2D eigenvalue weighted by molar-refractivity contribution is 5.97. The third kappa shape index (κ3) is 3.23. The molecular formula is C10H18N4O2. The van der Waals surface area contributed by atoms with Gasteiger partial charge in [-0.15, -0.1) is 0 Å². The number of hydrogen-bond donors (Lipinski definition) is 3. The zero-order valence-corrected chi connectivity index (χ0v) is 9.83. The lowest BCUT2D eigenvalue weighted by Gasteiger charge is -2.07. The summed E-state index contributed by atoms with van der Waals surface area (Å²) in [6, 6.07) is 0. The van der Waals surface area contributed by atoms with Crippen LogP contribution in [0.5, 0.6) is 0 Å². The van der Waals surface area contributed by atoms with E-state index in [4.69, 9.17) is 10.5 Å². The summed E-state index contributed by atoms with van der Waals surface area (Å²) in [5.74, 6) is -0.283. The van der Waals surface area contributed by atoms with Crippen LogP contribution in [-0.4, -0.2) is 35.4 Å². The number of nitrogens with two attached hydrogens (primary N) is 1. The number of nitrogens with zero attached hydrogens (tertiary/aromatic N) is 1. The Balaban J connectivity index is 2.39. The summed E-state index contributed by atoms with van der Waals surface area (Å²) < 4.78 is 5.29. The number of anilines is 1. The van der Waals surface area contributed by atoms with E-state index in [9.17, 15) is 4.79 Å². The van der Waals surface area contributed by atoms with Crippen molar-refractivity contribution in [3.63, 3.8) is 0 Å². The van der Waals surface area contributed by atoms with Crippen LogP contribution in [-0.2, 0) is 4.74 Å². The lowest BCUT2D eigenvalue weighted by molar-refractivity contribution is 0.0745. The molecule has 1 amide bonds. The number of hydrogen-bond acceptors (Lipinski definition) is 4. The van der Waals surface area contributed by atoms with Gasteiger partial charge in [-0.1, -0.05) is 0 Å². The van der Waals surface area contributed by atoms with Gasteiger partial charge in [-0.2, -0.15) is 5.10 Å². The van der Waals surface area contributed by atoms with Crippen LogP contribution in [0.25, 0.3) is 0 Å². The van der Waals surface area contributed by atoms with Crippen LogP contribution in [0.4, 0.5) is 5.69 Å². The normalized spacial score (nSPS) is 10.8. The van der Waals surface area contributed by atoms with Gasteiger partial charge < -0.3 is 15.8 Å². The van der Waals surface area contributed by atoms with Crippen molar-refractivity contribution in [1.29, 1.82) is 0 Å². The minimum Gasteiger partial charge on any atom is -0.395 e. The molecule has 16 heavy (non-hydrogen) atoms. The molecule has 0 radical (unpaired) electrons. The highest BCUT2D eigenvalue weighted by Crippen LogP contribution is 2.11. The molecule has 0 atom stereocenters. The second-order valence-corrected chi connectivity index (χ2v) is 3.79. The first-order valence-electron chi connectivity index (χ1n) is 5.22. The van der Waals surface area contributed by atoms with Gasteiger partial charge in [0.05, 0.1) is 24.1 Å². The monoisotopic (exact) mass is 226 g/mol. The number of aromatic nitrogens is 2. The third-order valence-electron chi connectivity index (χ3n) is 2.05. The molecule has 0 unspecified atom stereocenters. The maximum Gasteiger partial charge on any atom is 0.274 e. The van der Waals surface area contributed by atoms with E-state index in [1.165, 1.54) is 0 Å². The third-order valence-corrected chi connectivity index (χ3v) is 2.05. The Hall–Kier alpha value is -1.56. The molecule has 1 aromatic heterocycles. The number of H-pyrrole nitrogens is 1. The van der Waals surface area contributed by atoms with E-state index in [2.05, 4.69) is 15.5 Å². The minimum atomic E-state index is -0.283. The van der Waals surface area contributed by atoms with E-state index in [0.29, 0.717) is 24.5 Å². The standard InChI is InChI=1S/C10H18N4O2/c1-6(2)16-5-4-12-10(15)9-8(11)7(3)13-14-9/h6H,4-5,11H2,1-3H3,(H,12,15)(H,13,14). The predicted octanol–water partition coefficient (Wildman–Crippen LogP) is 0.455. The molecule has 1 heterocycles. The molecule has 1 aromatic rings. The van der Waals surface area contributed by atoms with Gasteiger partial charge in [-0.3, -0.25) is 9.89 Å². The van der Waals surface area contributed by atoms with Crippen LogP contribution in [0.15, 0.2) is 0 Å². The summed E-state index contributed by atoms with van der Waals surface area (Å²) >= 11 is 0. The van der Waals surface area contributed by atoms with Gasteiger partial charge in [-0.25, -0.2) is 0 Å². The molecule has 0 saturated carbocycles. The van der Waals surface area contributed by atoms with Crippen molar-refractivity contribution in [1.82, 2.24) is 15.5 Å². The number of nitrogens with one attached hydrogen (secondary N) is 2. The van der Waals surface area contributed by atoms with E-state index in [1.54, 1.807) is 6.92 Å². The van der Waals surface area contributed by atoms with Crippen LogP contribution < -0.4 is 11.1 Å². The number of rotatable bonds is 5. The maximum absolute atomic E-state index is 11.6. The zero-order valence-electron chi connectivity index (χ0n) is 9.83. The molecule has 4 N–H and O–H groups in total. The summed E-state index contributed by atoms with van der Waals surface area (Å²) in [6.07, 6.45) is 0.162. The second kappa shape index (κ2) is 5.50. The Morgan fingerprint density at radius 1 is 1.62 bits per heavy atom. The van der Waals surface area contributed by atoms with E-state index in [-0.39, 0.29) is 17.7 Å². The number of aryl methyl sites for hydroxylation is 1. The van der Waals surface area contributed by atoms with E-state index < -0.39 is 0 Å². The van der Waals surface area contributed by atoms with Crippen LogP contribution in [0.2, 0.25) is 0 Å². The summed E-state index contributed by atoms with van der Waals surface area (Å²) in [5.41, 5.74) is 7.00. The Bertz CT molecular complexity index is 360. The first-order chi connectivity index (χ1) is 7.52. The Morgan fingerprint density at radius 3 is 2.81 bits per heavy atom. The average molecular weight is 226 g/mol. The molecule has 0 aliphatic carbocycles. The first-order valence-corrected chi connectivity index (χ1v) is 5.22. The number of nitrogen functional groups attached to an aromatic ring is 1. The van der Waals surface area contributed by atoms with Crippen molar-refractivity contribution in [2.24, 2.45) is 0 Å². The molecular weight excluding hydrogens is 208 g/mol. The molecule has 0 fully saturated rings. The van der Waals surface area contributed by atoms with Crippen molar-refractivity contribution in [2.45, 2.75) is 26.9 Å². The van der Waals surface area contributed by atoms with Gasteiger partial charge in [0.1, 0.15) is 0 Å². The fourth-order valence-corrected chi connectivity index (χ4v) is 1.15. The lowest BCUT2D eigenvalue weighted by atomic mass is 10.3. The van der Waals surface area contributed by atoms with Gasteiger partial charge in [0, 0.05) is 6.54 Å². The van der Waals surface area contributed by atoms with Crippen LogP contribution in [0.1, 0.15) is 30.0 Å². The van der Waals surface area contributed by atoms with Gasteiger partial charge in [0.25, 0.3) is 5.91 Å². The lowest BCUT2D eigenvalue weighted by Crippen LogP contribution is -2.28. The molecule has 0 saturated heterocycles. The van der Waals surface area contributed by atoms with Crippen LogP contribution in [0.3, 0.4) is 0 Å². The largest absolute Gasteiger partial charge is 0.395 e. The summed E-state index contributed by atoms with van der Waals surface area (Å²) in [4.78, 5) is 11.6. The van der Waals surface area contributed by atoms with Crippen molar-refractivity contribution in [2.75, 3.05) is 18.9 Å². The van der Waals surface area contributed by atoms with Crippen molar-refractivity contribution in [3.8, 4) is 0 Å². The van der Waals surface area contributed by atoms with E-state index in [1.807, 2.05) is 13.8 Å². The molecule has 0 aliphatic heterocycles. The Labute approximate surface area is 94.5 Å². The minimum absolute atomic E-state index is 0.162. The number of carbonyl (C=O) groups excluding carboxylic acids is 1. The number of aromatic amines is 1.